The molecule has 3 heteroatoms. The van der Waals surface area contributed by atoms with E-state index in [-0.39, 0.29) is 0 Å². The maximum Gasteiger partial charge on any atom is 0.113 e. The molecule has 3 nitrogen and oxygen atoms in total. The molecule has 0 radical (unpaired) electrons. The molecule has 0 aliphatic heterocycles. The van der Waals surface area contributed by atoms with Crippen LogP contribution in [-0.2, 0) is 7.05 Å². The van der Waals surface area contributed by atoms with Crippen LogP contribution in [0.2, 0.25) is 0 Å². The van der Waals surface area contributed by atoms with Crippen LogP contribution in [0.3, 0.4) is 0 Å². The summed E-state index contributed by atoms with van der Waals surface area (Å²) in [5.74, 6) is 0.548. The first kappa shape index (κ1) is 8.23. The van der Waals surface area contributed by atoms with E-state index in [0.717, 1.165) is 11.0 Å². The van der Waals surface area contributed by atoms with Crippen molar-refractivity contribution in [3.8, 4) is 0 Å². The van der Waals surface area contributed by atoms with E-state index in [0.29, 0.717) is 5.92 Å². The van der Waals surface area contributed by atoms with Crippen LogP contribution in [-0.4, -0.2) is 15.0 Å². The zero-order chi connectivity index (χ0) is 9.42. The van der Waals surface area contributed by atoms with Crippen molar-refractivity contribution in [2.75, 3.05) is 0 Å². The number of fused-ring (bicyclic) bond motifs is 1. The van der Waals surface area contributed by atoms with Crippen LogP contribution in [0.5, 0.6) is 0 Å². The van der Waals surface area contributed by atoms with Crippen LogP contribution < -0.4 is 0 Å². The summed E-state index contributed by atoms with van der Waals surface area (Å²) in [4.78, 5) is 0. The van der Waals surface area contributed by atoms with Crippen LogP contribution in [0.4, 0.5) is 0 Å². The summed E-state index contributed by atoms with van der Waals surface area (Å²) in [6.07, 6.45) is 0. The Kier molecular flexibility index (Phi) is 1.79. The van der Waals surface area contributed by atoms with Gasteiger partial charge in [0, 0.05) is 7.05 Å². The molecule has 2 rings (SSSR count). The Morgan fingerprint density at radius 3 is 2.77 bits per heavy atom. The summed E-state index contributed by atoms with van der Waals surface area (Å²) in [6.45, 7) is 4.36. The van der Waals surface area contributed by atoms with E-state index in [1.807, 2.05) is 7.05 Å². The fraction of sp³-hybridized carbons (Fsp3) is 0.400. The van der Waals surface area contributed by atoms with E-state index in [1.165, 1.54) is 5.56 Å². The Labute approximate surface area is 77.4 Å². The average Bonchev–Trinajstić information content (AvgIpc) is 2.47. The molecule has 0 aliphatic rings. The second-order valence-electron chi connectivity index (χ2n) is 3.62. The third-order valence-electron chi connectivity index (χ3n) is 2.30. The van der Waals surface area contributed by atoms with Gasteiger partial charge in [-0.2, -0.15) is 0 Å². The maximum absolute atomic E-state index is 4.07. The number of hydrogen-bond donors (Lipinski definition) is 0. The zero-order valence-corrected chi connectivity index (χ0v) is 8.15. The maximum atomic E-state index is 4.07. The molecule has 0 saturated carbocycles. The van der Waals surface area contributed by atoms with Crippen molar-refractivity contribution in [3.63, 3.8) is 0 Å². The van der Waals surface area contributed by atoms with Crippen molar-refractivity contribution in [3.05, 3.63) is 23.8 Å². The van der Waals surface area contributed by atoms with Crippen molar-refractivity contribution in [2.24, 2.45) is 7.05 Å². The third kappa shape index (κ3) is 1.30. The second-order valence-corrected chi connectivity index (χ2v) is 3.62. The highest BCUT2D eigenvalue weighted by Crippen LogP contribution is 2.18. The quantitative estimate of drug-likeness (QED) is 0.664. The molecule has 0 saturated heterocycles. The normalized spacial score (nSPS) is 11.4. The summed E-state index contributed by atoms with van der Waals surface area (Å²) in [5, 5.41) is 8.04. The van der Waals surface area contributed by atoms with Gasteiger partial charge in [-0.05, 0) is 23.6 Å². The molecule has 0 spiro atoms. The van der Waals surface area contributed by atoms with Gasteiger partial charge in [0.1, 0.15) is 5.52 Å². The molecule has 1 aromatic heterocycles. The zero-order valence-electron chi connectivity index (χ0n) is 8.15. The number of aromatic nitrogens is 3. The molecule has 2 aromatic rings. The fourth-order valence-electron chi connectivity index (χ4n) is 1.42. The van der Waals surface area contributed by atoms with Crippen LogP contribution in [0.1, 0.15) is 25.3 Å². The van der Waals surface area contributed by atoms with E-state index in [4.69, 9.17) is 0 Å². The van der Waals surface area contributed by atoms with E-state index >= 15 is 0 Å². The largest absolute Gasteiger partial charge is 0.248 e. The van der Waals surface area contributed by atoms with Crippen molar-refractivity contribution in [1.82, 2.24) is 15.0 Å². The lowest BCUT2D eigenvalue weighted by atomic mass is 10.0. The van der Waals surface area contributed by atoms with Gasteiger partial charge in [0.05, 0.1) is 5.52 Å². The predicted octanol–water partition coefficient (Wildman–Crippen LogP) is 2.09. The Hall–Kier alpha value is -1.38. The van der Waals surface area contributed by atoms with Crippen LogP contribution in [0, 0.1) is 0 Å². The van der Waals surface area contributed by atoms with Gasteiger partial charge >= 0.3 is 0 Å². The summed E-state index contributed by atoms with van der Waals surface area (Å²) in [6, 6.07) is 6.31. The first-order valence-electron chi connectivity index (χ1n) is 4.48. The van der Waals surface area contributed by atoms with Gasteiger partial charge in [-0.25, -0.2) is 4.68 Å². The van der Waals surface area contributed by atoms with Gasteiger partial charge in [-0.15, -0.1) is 5.10 Å². The predicted molar refractivity (Wildman–Crippen MR) is 52.6 cm³/mol. The highest BCUT2D eigenvalue weighted by Gasteiger charge is 2.04. The first-order valence-corrected chi connectivity index (χ1v) is 4.48. The van der Waals surface area contributed by atoms with Crippen molar-refractivity contribution in [2.45, 2.75) is 19.8 Å². The molecular weight excluding hydrogens is 162 g/mol. The third-order valence-corrected chi connectivity index (χ3v) is 2.30. The molecule has 0 amide bonds. The van der Waals surface area contributed by atoms with Crippen LogP contribution in [0.25, 0.3) is 11.0 Å². The van der Waals surface area contributed by atoms with Crippen LogP contribution >= 0.6 is 0 Å². The average molecular weight is 175 g/mol. The molecule has 0 aliphatic carbocycles. The summed E-state index contributed by atoms with van der Waals surface area (Å²) in [5.41, 5.74) is 3.38. The molecule has 0 N–H and O–H groups in total. The van der Waals surface area contributed by atoms with E-state index < -0.39 is 0 Å². The number of benzene rings is 1. The lowest BCUT2D eigenvalue weighted by molar-refractivity contribution is 0.736. The summed E-state index contributed by atoms with van der Waals surface area (Å²) < 4.78 is 1.79. The summed E-state index contributed by atoms with van der Waals surface area (Å²) in [7, 11) is 1.91. The molecule has 0 bridgehead atoms. The van der Waals surface area contributed by atoms with Gasteiger partial charge in [0.2, 0.25) is 0 Å². The highest BCUT2D eigenvalue weighted by atomic mass is 15.4. The molecule has 68 valence electrons. The van der Waals surface area contributed by atoms with Crippen LogP contribution in [0.15, 0.2) is 18.2 Å². The molecule has 1 aromatic carbocycles. The Bertz CT molecular complexity index is 429. The van der Waals surface area contributed by atoms with Gasteiger partial charge in [-0.1, -0.05) is 25.1 Å². The fourth-order valence-corrected chi connectivity index (χ4v) is 1.42. The summed E-state index contributed by atoms with van der Waals surface area (Å²) >= 11 is 0. The van der Waals surface area contributed by atoms with Gasteiger partial charge in [0.25, 0.3) is 0 Å². The lowest BCUT2D eigenvalue weighted by Crippen LogP contribution is -1.90. The van der Waals surface area contributed by atoms with Gasteiger partial charge in [-0.3, -0.25) is 0 Å². The number of aryl methyl sites for hydroxylation is 1. The Morgan fingerprint density at radius 1 is 1.31 bits per heavy atom. The minimum absolute atomic E-state index is 0.548. The number of rotatable bonds is 1. The minimum atomic E-state index is 0.548. The smallest absolute Gasteiger partial charge is 0.113 e. The molecule has 0 fully saturated rings. The number of nitrogens with zero attached hydrogens (tertiary/aromatic N) is 3. The second kappa shape index (κ2) is 2.83. The molecule has 13 heavy (non-hydrogen) atoms. The minimum Gasteiger partial charge on any atom is -0.248 e. The van der Waals surface area contributed by atoms with Crippen molar-refractivity contribution < 1.29 is 0 Å². The standard InChI is InChI=1S/C10H13N3/c1-7(2)8-4-5-10-9(6-8)11-12-13(10)3/h4-7H,1-3H3. The monoisotopic (exact) mass is 175 g/mol. The topological polar surface area (TPSA) is 30.7 Å². The molecule has 0 atom stereocenters. The Morgan fingerprint density at radius 2 is 2.08 bits per heavy atom. The van der Waals surface area contributed by atoms with Gasteiger partial charge in [0.15, 0.2) is 0 Å². The number of hydrogen-bond acceptors (Lipinski definition) is 2. The van der Waals surface area contributed by atoms with E-state index in [2.05, 4.69) is 42.4 Å². The molecular formula is C10H13N3. The van der Waals surface area contributed by atoms with Crippen molar-refractivity contribution in [1.29, 1.82) is 0 Å². The van der Waals surface area contributed by atoms with Crippen molar-refractivity contribution >= 4 is 11.0 Å². The molecule has 0 unspecified atom stereocenters. The Balaban J connectivity index is 2.63. The van der Waals surface area contributed by atoms with E-state index in [9.17, 15) is 0 Å². The highest BCUT2D eigenvalue weighted by molar-refractivity contribution is 5.75. The lowest BCUT2D eigenvalue weighted by Gasteiger charge is -2.03. The first-order chi connectivity index (χ1) is 6.18. The molecule has 1 heterocycles. The SMILES string of the molecule is CC(C)c1ccc2c(c1)nnn2C. The van der Waals surface area contributed by atoms with Gasteiger partial charge < -0.3 is 0 Å². The van der Waals surface area contributed by atoms with E-state index in [1.54, 1.807) is 4.68 Å².